The predicted octanol–water partition coefficient (Wildman–Crippen LogP) is 2.13. The molecule has 4 rings (SSSR count). The van der Waals surface area contributed by atoms with Gasteiger partial charge in [-0.3, -0.25) is 4.90 Å². The van der Waals surface area contributed by atoms with Crippen LogP contribution < -0.4 is 14.8 Å². The number of ether oxygens (including phenoxy) is 2. The highest BCUT2D eigenvalue weighted by Gasteiger charge is 2.32. The summed E-state index contributed by atoms with van der Waals surface area (Å²) in [7, 11) is 0. The van der Waals surface area contributed by atoms with Crippen molar-refractivity contribution in [3.05, 3.63) is 23.8 Å². The van der Waals surface area contributed by atoms with Crippen LogP contribution in [0.15, 0.2) is 18.2 Å². The van der Waals surface area contributed by atoms with Gasteiger partial charge in [0, 0.05) is 31.7 Å². The number of nitrogens with zero attached hydrogens (tertiary/aromatic N) is 1. The molecule has 1 aromatic rings. The normalized spacial score (nSPS) is 29.2. The molecule has 0 amide bonds. The maximum atomic E-state index is 5.48. The highest BCUT2D eigenvalue weighted by Crippen LogP contribution is 2.33. The van der Waals surface area contributed by atoms with E-state index in [2.05, 4.69) is 22.3 Å². The van der Waals surface area contributed by atoms with Crippen LogP contribution in [0.4, 0.5) is 0 Å². The summed E-state index contributed by atoms with van der Waals surface area (Å²) in [4.78, 5) is 2.65. The molecule has 20 heavy (non-hydrogen) atoms. The Morgan fingerprint density at radius 3 is 3.05 bits per heavy atom. The van der Waals surface area contributed by atoms with E-state index in [9.17, 15) is 0 Å². The van der Waals surface area contributed by atoms with Crippen LogP contribution in [0, 0.1) is 0 Å². The predicted molar refractivity (Wildman–Crippen MR) is 77.0 cm³/mol. The molecule has 0 aromatic heterocycles. The second kappa shape index (κ2) is 5.26. The van der Waals surface area contributed by atoms with E-state index in [1.54, 1.807) is 0 Å². The van der Waals surface area contributed by atoms with Gasteiger partial charge < -0.3 is 14.8 Å². The Morgan fingerprint density at radius 2 is 2.05 bits per heavy atom. The second-order valence-electron chi connectivity index (χ2n) is 6.07. The number of nitrogens with one attached hydrogen (secondary N) is 1. The summed E-state index contributed by atoms with van der Waals surface area (Å²) in [5.74, 6) is 1.78. The van der Waals surface area contributed by atoms with Crippen molar-refractivity contribution in [1.29, 1.82) is 0 Å². The first-order chi connectivity index (χ1) is 9.90. The molecular weight excluding hydrogens is 252 g/mol. The molecule has 1 saturated heterocycles. The van der Waals surface area contributed by atoms with Crippen molar-refractivity contribution in [3.8, 4) is 11.5 Å². The van der Waals surface area contributed by atoms with Gasteiger partial charge in [0.2, 0.25) is 6.79 Å². The standard InChI is InChI=1S/C16H22N2O2/c1-2-4-14-13(3-1)17-7-8-18(14)10-12-5-6-15-16(9-12)20-11-19-15/h5-6,9,13-14,17H,1-4,7-8,10-11H2/t13-,14+/m0/s1. The third-order valence-electron chi connectivity index (χ3n) is 4.83. The molecule has 0 spiro atoms. The molecule has 108 valence electrons. The van der Waals surface area contributed by atoms with Crippen LogP contribution in [0.3, 0.4) is 0 Å². The van der Waals surface area contributed by atoms with Crippen molar-refractivity contribution in [2.45, 2.75) is 44.3 Å². The van der Waals surface area contributed by atoms with Gasteiger partial charge in [0.15, 0.2) is 11.5 Å². The summed E-state index contributed by atoms with van der Waals surface area (Å²) in [5.41, 5.74) is 1.33. The Kier molecular flexibility index (Phi) is 3.28. The molecule has 1 aromatic carbocycles. The van der Waals surface area contributed by atoms with E-state index in [-0.39, 0.29) is 0 Å². The minimum Gasteiger partial charge on any atom is -0.454 e. The van der Waals surface area contributed by atoms with Crippen molar-refractivity contribution in [3.63, 3.8) is 0 Å². The topological polar surface area (TPSA) is 33.7 Å². The van der Waals surface area contributed by atoms with Crippen LogP contribution >= 0.6 is 0 Å². The molecule has 4 nitrogen and oxygen atoms in total. The number of benzene rings is 1. The van der Waals surface area contributed by atoms with Crippen LogP contribution in [0.1, 0.15) is 31.2 Å². The maximum Gasteiger partial charge on any atom is 0.231 e. The molecule has 1 aliphatic carbocycles. The maximum absolute atomic E-state index is 5.48. The zero-order chi connectivity index (χ0) is 13.4. The van der Waals surface area contributed by atoms with Crippen molar-refractivity contribution in [1.82, 2.24) is 10.2 Å². The quantitative estimate of drug-likeness (QED) is 0.896. The van der Waals surface area contributed by atoms with Crippen LogP contribution in [0.25, 0.3) is 0 Å². The van der Waals surface area contributed by atoms with Crippen LogP contribution in [-0.4, -0.2) is 36.9 Å². The first-order valence-corrected chi connectivity index (χ1v) is 7.76. The molecule has 4 heteroatoms. The lowest BCUT2D eigenvalue weighted by Crippen LogP contribution is -2.58. The molecule has 2 aliphatic heterocycles. The fraction of sp³-hybridized carbons (Fsp3) is 0.625. The van der Waals surface area contributed by atoms with E-state index in [1.165, 1.54) is 31.2 Å². The second-order valence-corrected chi connectivity index (χ2v) is 6.07. The van der Waals surface area contributed by atoms with Crippen LogP contribution in [0.5, 0.6) is 11.5 Å². The molecule has 3 aliphatic rings. The highest BCUT2D eigenvalue weighted by atomic mass is 16.7. The monoisotopic (exact) mass is 274 g/mol. The SMILES string of the molecule is c1cc2c(cc1CN1CCN[C@H]3CCCC[C@H]31)OCO2. The van der Waals surface area contributed by atoms with Gasteiger partial charge in [-0.1, -0.05) is 18.9 Å². The number of rotatable bonds is 2. The van der Waals surface area contributed by atoms with Gasteiger partial charge >= 0.3 is 0 Å². The van der Waals surface area contributed by atoms with Crippen molar-refractivity contribution in [2.75, 3.05) is 19.9 Å². The molecule has 1 saturated carbocycles. The molecule has 0 unspecified atom stereocenters. The lowest BCUT2D eigenvalue weighted by Gasteiger charge is -2.44. The lowest BCUT2D eigenvalue weighted by molar-refractivity contribution is 0.0815. The largest absolute Gasteiger partial charge is 0.454 e. The Hall–Kier alpha value is -1.26. The van der Waals surface area contributed by atoms with Crippen molar-refractivity contribution >= 4 is 0 Å². The molecule has 2 fully saturated rings. The zero-order valence-corrected chi connectivity index (χ0v) is 11.8. The summed E-state index contributed by atoms with van der Waals surface area (Å²) in [6.45, 7) is 3.65. The van der Waals surface area contributed by atoms with Gasteiger partial charge in [-0.2, -0.15) is 0 Å². The zero-order valence-electron chi connectivity index (χ0n) is 11.8. The minimum atomic E-state index is 0.358. The van der Waals surface area contributed by atoms with E-state index in [0.29, 0.717) is 18.9 Å². The minimum absolute atomic E-state index is 0.358. The average Bonchev–Trinajstić information content (AvgIpc) is 2.95. The fourth-order valence-electron chi connectivity index (χ4n) is 3.82. The third kappa shape index (κ3) is 2.27. The molecule has 1 N–H and O–H groups in total. The van der Waals surface area contributed by atoms with E-state index < -0.39 is 0 Å². The van der Waals surface area contributed by atoms with Crippen LogP contribution in [-0.2, 0) is 6.54 Å². The third-order valence-corrected chi connectivity index (χ3v) is 4.83. The molecular formula is C16H22N2O2. The van der Waals surface area contributed by atoms with Gasteiger partial charge in [-0.05, 0) is 30.5 Å². The number of fused-ring (bicyclic) bond motifs is 2. The van der Waals surface area contributed by atoms with Gasteiger partial charge in [0.25, 0.3) is 0 Å². The number of hydrogen-bond acceptors (Lipinski definition) is 4. The fourth-order valence-corrected chi connectivity index (χ4v) is 3.82. The van der Waals surface area contributed by atoms with Crippen molar-refractivity contribution < 1.29 is 9.47 Å². The number of piperazine rings is 1. The first-order valence-electron chi connectivity index (χ1n) is 7.76. The lowest BCUT2D eigenvalue weighted by atomic mass is 9.87. The van der Waals surface area contributed by atoms with Crippen LogP contribution in [0.2, 0.25) is 0 Å². The van der Waals surface area contributed by atoms with E-state index in [1.807, 2.05) is 6.07 Å². The molecule has 2 atom stereocenters. The van der Waals surface area contributed by atoms with Gasteiger partial charge in [-0.15, -0.1) is 0 Å². The Balaban J connectivity index is 1.50. The molecule has 2 heterocycles. The summed E-state index contributed by atoms with van der Waals surface area (Å²) in [5, 5.41) is 3.69. The summed E-state index contributed by atoms with van der Waals surface area (Å²) < 4.78 is 10.9. The number of hydrogen-bond donors (Lipinski definition) is 1. The average molecular weight is 274 g/mol. The van der Waals surface area contributed by atoms with Gasteiger partial charge in [0.1, 0.15) is 0 Å². The Labute approximate surface area is 120 Å². The van der Waals surface area contributed by atoms with E-state index in [4.69, 9.17) is 9.47 Å². The highest BCUT2D eigenvalue weighted by molar-refractivity contribution is 5.44. The van der Waals surface area contributed by atoms with E-state index in [0.717, 1.165) is 31.1 Å². The molecule has 0 bridgehead atoms. The summed E-state index contributed by atoms with van der Waals surface area (Å²) in [6, 6.07) is 7.77. The van der Waals surface area contributed by atoms with Crippen molar-refractivity contribution in [2.24, 2.45) is 0 Å². The summed E-state index contributed by atoms with van der Waals surface area (Å²) >= 11 is 0. The van der Waals surface area contributed by atoms with Gasteiger partial charge in [-0.25, -0.2) is 0 Å². The Morgan fingerprint density at radius 1 is 1.15 bits per heavy atom. The molecule has 0 radical (unpaired) electrons. The van der Waals surface area contributed by atoms with Gasteiger partial charge in [0.05, 0.1) is 0 Å². The Bertz CT molecular complexity index is 489. The van der Waals surface area contributed by atoms with E-state index >= 15 is 0 Å². The summed E-state index contributed by atoms with van der Waals surface area (Å²) in [6.07, 6.45) is 5.43. The first kappa shape index (κ1) is 12.5. The smallest absolute Gasteiger partial charge is 0.231 e.